The molecule has 0 spiro atoms. The molecule has 152 valence electrons. The van der Waals surface area contributed by atoms with Gasteiger partial charge in [0.15, 0.2) is 0 Å². The average Bonchev–Trinajstić information content (AvgIpc) is 3.10. The van der Waals surface area contributed by atoms with Gasteiger partial charge in [0.25, 0.3) is 5.91 Å². The van der Waals surface area contributed by atoms with Crippen LogP contribution in [0.4, 0.5) is 0 Å². The quantitative estimate of drug-likeness (QED) is 0.669. The normalized spacial score (nSPS) is 19.3. The zero-order valence-electron chi connectivity index (χ0n) is 16.0. The topological polar surface area (TPSA) is 85.6 Å². The molecule has 7 nitrogen and oxygen atoms in total. The molecule has 0 unspecified atom stereocenters. The van der Waals surface area contributed by atoms with Crippen LogP contribution in [0.3, 0.4) is 0 Å². The summed E-state index contributed by atoms with van der Waals surface area (Å²) in [6, 6.07) is 9.07. The Labute approximate surface area is 173 Å². The minimum absolute atomic E-state index is 0.217. The van der Waals surface area contributed by atoms with Crippen molar-refractivity contribution in [1.29, 1.82) is 0 Å². The second kappa shape index (κ2) is 8.41. The Balaban J connectivity index is 1.66. The highest BCUT2D eigenvalue weighted by atomic mass is 35.5. The van der Waals surface area contributed by atoms with Crippen LogP contribution in [0.5, 0.6) is 5.75 Å². The summed E-state index contributed by atoms with van der Waals surface area (Å²) in [6.45, 7) is 1.25. The van der Waals surface area contributed by atoms with E-state index in [0.717, 1.165) is 11.3 Å². The number of benzene rings is 1. The molecule has 4 rings (SSSR count). The number of carbonyl (C=O) groups is 1. The standard InChI is InChI=1S/C21H22ClN3O4/c1-28-14-4-2-13(3-5-14)10-25-11-15(19-20(25)16(22)6-8-23-19)21(27)24-17-7-9-29-12-18(17)26/h2-6,8,11,17-18,26H,7,9-10,12H2,1H3,(H,24,27)/t17-,18-/m1/s1. The molecule has 29 heavy (non-hydrogen) atoms. The fourth-order valence-electron chi connectivity index (χ4n) is 3.54. The van der Waals surface area contributed by atoms with E-state index in [-0.39, 0.29) is 18.6 Å². The predicted octanol–water partition coefficient (Wildman–Crippen LogP) is 2.63. The summed E-state index contributed by atoms with van der Waals surface area (Å²) in [6.07, 6.45) is 3.18. The van der Waals surface area contributed by atoms with Gasteiger partial charge >= 0.3 is 0 Å². The van der Waals surface area contributed by atoms with Crippen molar-refractivity contribution < 1.29 is 19.4 Å². The first kappa shape index (κ1) is 19.7. The van der Waals surface area contributed by atoms with Crippen molar-refractivity contribution in [3.05, 3.63) is 58.9 Å². The Morgan fingerprint density at radius 3 is 2.90 bits per heavy atom. The van der Waals surface area contributed by atoms with E-state index in [9.17, 15) is 9.90 Å². The molecule has 2 atom stereocenters. The van der Waals surface area contributed by atoms with Gasteiger partial charge in [-0.3, -0.25) is 9.78 Å². The third-order valence-corrected chi connectivity index (χ3v) is 5.41. The van der Waals surface area contributed by atoms with Crippen LogP contribution in [0.15, 0.2) is 42.7 Å². The molecule has 0 saturated carbocycles. The molecule has 0 radical (unpaired) electrons. The Kier molecular flexibility index (Phi) is 5.71. The van der Waals surface area contributed by atoms with Crippen molar-refractivity contribution in [2.45, 2.75) is 25.1 Å². The van der Waals surface area contributed by atoms with Crippen LogP contribution in [0.2, 0.25) is 5.02 Å². The van der Waals surface area contributed by atoms with E-state index in [1.54, 1.807) is 25.6 Å². The van der Waals surface area contributed by atoms with Gasteiger partial charge in [-0.05, 0) is 30.2 Å². The van der Waals surface area contributed by atoms with Gasteiger partial charge in [0.05, 0.1) is 42.0 Å². The van der Waals surface area contributed by atoms with E-state index in [2.05, 4.69) is 10.3 Å². The van der Waals surface area contributed by atoms with Crippen LogP contribution in [-0.4, -0.2) is 53.0 Å². The number of hydrogen-bond donors (Lipinski definition) is 2. The molecule has 3 aromatic rings. The monoisotopic (exact) mass is 415 g/mol. The maximum absolute atomic E-state index is 13.0. The zero-order chi connectivity index (χ0) is 20.4. The van der Waals surface area contributed by atoms with Crippen molar-refractivity contribution >= 4 is 28.5 Å². The summed E-state index contributed by atoms with van der Waals surface area (Å²) in [4.78, 5) is 17.3. The first-order valence-electron chi connectivity index (χ1n) is 9.39. The number of carbonyl (C=O) groups excluding carboxylic acids is 1. The molecule has 1 amide bonds. The largest absolute Gasteiger partial charge is 0.497 e. The molecule has 0 bridgehead atoms. The minimum atomic E-state index is -0.725. The highest BCUT2D eigenvalue weighted by Gasteiger charge is 2.27. The SMILES string of the molecule is COc1ccc(Cn2cc(C(=O)N[C@@H]3CCOC[C@H]3O)c3nccc(Cl)c32)cc1. The number of pyridine rings is 1. The van der Waals surface area contributed by atoms with E-state index >= 15 is 0 Å². The van der Waals surface area contributed by atoms with E-state index < -0.39 is 6.10 Å². The lowest BCUT2D eigenvalue weighted by molar-refractivity contribution is -0.0260. The second-order valence-electron chi connectivity index (χ2n) is 7.02. The number of rotatable bonds is 5. The summed E-state index contributed by atoms with van der Waals surface area (Å²) < 4.78 is 12.4. The van der Waals surface area contributed by atoms with Crippen LogP contribution in [-0.2, 0) is 11.3 Å². The number of hydrogen-bond acceptors (Lipinski definition) is 5. The third kappa shape index (κ3) is 4.07. The Morgan fingerprint density at radius 1 is 1.38 bits per heavy atom. The number of nitrogens with one attached hydrogen (secondary N) is 1. The molecule has 0 aliphatic carbocycles. The summed E-state index contributed by atoms with van der Waals surface area (Å²) >= 11 is 6.44. The minimum Gasteiger partial charge on any atom is -0.497 e. The van der Waals surface area contributed by atoms with Crippen LogP contribution >= 0.6 is 11.6 Å². The summed E-state index contributed by atoms with van der Waals surface area (Å²) in [5.74, 6) is 0.491. The van der Waals surface area contributed by atoms with Gasteiger partial charge in [-0.1, -0.05) is 23.7 Å². The molecular weight excluding hydrogens is 394 g/mol. The smallest absolute Gasteiger partial charge is 0.255 e. The summed E-state index contributed by atoms with van der Waals surface area (Å²) in [5, 5.41) is 13.5. The molecule has 8 heteroatoms. The highest BCUT2D eigenvalue weighted by molar-refractivity contribution is 6.35. The molecule has 1 aliphatic heterocycles. The second-order valence-corrected chi connectivity index (χ2v) is 7.43. The summed E-state index contributed by atoms with van der Waals surface area (Å²) in [7, 11) is 1.63. The van der Waals surface area contributed by atoms with Gasteiger partial charge in [-0.25, -0.2) is 0 Å². The van der Waals surface area contributed by atoms with E-state index in [4.69, 9.17) is 21.1 Å². The van der Waals surface area contributed by atoms with Crippen LogP contribution in [0, 0.1) is 0 Å². The first-order valence-corrected chi connectivity index (χ1v) is 9.77. The fourth-order valence-corrected chi connectivity index (χ4v) is 3.79. The first-order chi connectivity index (χ1) is 14.1. The van der Waals surface area contributed by atoms with Crippen LogP contribution < -0.4 is 10.1 Å². The van der Waals surface area contributed by atoms with Crippen LogP contribution in [0.1, 0.15) is 22.3 Å². The van der Waals surface area contributed by atoms with Gasteiger partial charge in [0, 0.05) is 25.5 Å². The number of aliphatic hydroxyl groups is 1. The number of halogens is 1. The number of aliphatic hydroxyl groups excluding tert-OH is 1. The molecule has 1 aliphatic rings. The van der Waals surface area contributed by atoms with E-state index in [1.165, 1.54) is 0 Å². The highest BCUT2D eigenvalue weighted by Crippen LogP contribution is 2.27. The molecular formula is C21H22ClN3O4. The van der Waals surface area contributed by atoms with Crippen molar-refractivity contribution in [2.24, 2.45) is 0 Å². The Morgan fingerprint density at radius 2 is 2.17 bits per heavy atom. The Hall–Kier alpha value is -2.61. The lowest BCUT2D eigenvalue weighted by Gasteiger charge is -2.28. The maximum atomic E-state index is 13.0. The van der Waals surface area contributed by atoms with Gasteiger partial charge in [-0.15, -0.1) is 0 Å². The number of nitrogens with zero attached hydrogens (tertiary/aromatic N) is 2. The van der Waals surface area contributed by atoms with Gasteiger partial charge in [0.1, 0.15) is 11.3 Å². The summed E-state index contributed by atoms with van der Waals surface area (Å²) in [5.41, 5.74) is 2.69. The molecule has 1 aromatic carbocycles. The fraction of sp³-hybridized carbons (Fsp3) is 0.333. The molecule has 1 saturated heterocycles. The predicted molar refractivity (Wildman–Crippen MR) is 110 cm³/mol. The number of amides is 1. The molecule has 3 heterocycles. The van der Waals surface area contributed by atoms with E-state index in [1.807, 2.05) is 28.8 Å². The van der Waals surface area contributed by atoms with Crippen molar-refractivity contribution in [2.75, 3.05) is 20.3 Å². The van der Waals surface area contributed by atoms with E-state index in [0.29, 0.717) is 41.2 Å². The van der Waals surface area contributed by atoms with Crippen molar-refractivity contribution in [1.82, 2.24) is 14.9 Å². The molecule has 2 N–H and O–H groups in total. The number of fused-ring (bicyclic) bond motifs is 1. The number of methoxy groups -OCH3 is 1. The van der Waals surface area contributed by atoms with Crippen molar-refractivity contribution in [3.8, 4) is 5.75 Å². The maximum Gasteiger partial charge on any atom is 0.255 e. The van der Waals surface area contributed by atoms with Gasteiger partial charge < -0.3 is 24.5 Å². The molecule has 2 aromatic heterocycles. The van der Waals surface area contributed by atoms with Crippen molar-refractivity contribution in [3.63, 3.8) is 0 Å². The third-order valence-electron chi connectivity index (χ3n) is 5.10. The van der Waals surface area contributed by atoms with Gasteiger partial charge in [0.2, 0.25) is 0 Å². The average molecular weight is 416 g/mol. The van der Waals surface area contributed by atoms with Crippen LogP contribution in [0.25, 0.3) is 11.0 Å². The lowest BCUT2D eigenvalue weighted by Crippen LogP contribution is -2.48. The molecule has 1 fully saturated rings. The van der Waals surface area contributed by atoms with Gasteiger partial charge in [-0.2, -0.15) is 0 Å². The zero-order valence-corrected chi connectivity index (χ0v) is 16.7. The lowest BCUT2D eigenvalue weighted by atomic mass is 10.1. The number of aromatic nitrogens is 2. The number of ether oxygens (including phenoxy) is 2. The Bertz CT molecular complexity index is 1020.